The molecular weight excluding hydrogens is 272 g/mol. The van der Waals surface area contributed by atoms with Gasteiger partial charge in [0.05, 0.1) is 6.10 Å². The van der Waals surface area contributed by atoms with Gasteiger partial charge in [-0.1, -0.05) is 41.9 Å². The lowest BCUT2D eigenvalue weighted by molar-refractivity contribution is 0.177. The van der Waals surface area contributed by atoms with E-state index in [1.807, 2.05) is 55.5 Å². The van der Waals surface area contributed by atoms with Gasteiger partial charge in [0.25, 0.3) is 0 Å². The Morgan fingerprint density at radius 1 is 1.15 bits per heavy atom. The average molecular weight is 287 g/mol. The summed E-state index contributed by atoms with van der Waals surface area (Å²) in [6.45, 7) is 1.89. The van der Waals surface area contributed by atoms with Gasteiger partial charge in [0.2, 0.25) is 0 Å². The van der Waals surface area contributed by atoms with Crippen molar-refractivity contribution < 1.29 is 9.52 Å². The van der Waals surface area contributed by atoms with Crippen molar-refractivity contribution in [1.82, 2.24) is 0 Å². The molecule has 3 heteroatoms. The van der Waals surface area contributed by atoms with E-state index in [4.69, 9.17) is 16.0 Å². The first-order chi connectivity index (χ1) is 9.65. The SMILES string of the molecule is Cc1oc2ccccc2c1C(O)Cc1cccc(Cl)c1. The molecule has 1 unspecified atom stereocenters. The van der Waals surface area contributed by atoms with Crippen molar-refractivity contribution in [2.75, 3.05) is 0 Å². The van der Waals surface area contributed by atoms with Crippen molar-refractivity contribution in [3.63, 3.8) is 0 Å². The number of halogens is 1. The summed E-state index contributed by atoms with van der Waals surface area (Å²) in [7, 11) is 0. The van der Waals surface area contributed by atoms with Gasteiger partial charge in [-0.2, -0.15) is 0 Å². The van der Waals surface area contributed by atoms with Gasteiger partial charge >= 0.3 is 0 Å². The van der Waals surface area contributed by atoms with Crippen molar-refractivity contribution in [3.8, 4) is 0 Å². The second kappa shape index (κ2) is 5.31. The summed E-state index contributed by atoms with van der Waals surface area (Å²) >= 11 is 5.98. The largest absolute Gasteiger partial charge is 0.461 e. The maximum Gasteiger partial charge on any atom is 0.134 e. The lowest BCUT2D eigenvalue weighted by Crippen LogP contribution is -2.02. The van der Waals surface area contributed by atoms with Crippen LogP contribution in [0, 0.1) is 6.92 Å². The van der Waals surface area contributed by atoms with Crippen LogP contribution in [0.25, 0.3) is 11.0 Å². The number of para-hydroxylation sites is 1. The molecule has 0 saturated carbocycles. The second-order valence-corrected chi connectivity index (χ2v) is 5.35. The van der Waals surface area contributed by atoms with E-state index in [1.165, 1.54) is 0 Å². The lowest BCUT2D eigenvalue weighted by Gasteiger charge is -2.11. The molecule has 0 spiro atoms. The van der Waals surface area contributed by atoms with Crippen LogP contribution in [0.3, 0.4) is 0 Å². The summed E-state index contributed by atoms with van der Waals surface area (Å²) in [4.78, 5) is 0. The van der Waals surface area contributed by atoms with Crippen LogP contribution in [0.5, 0.6) is 0 Å². The number of hydrogen-bond acceptors (Lipinski definition) is 2. The van der Waals surface area contributed by atoms with Gasteiger partial charge in [0.15, 0.2) is 0 Å². The Hall–Kier alpha value is -1.77. The van der Waals surface area contributed by atoms with Gasteiger partial charge in [-0.3, -0.25) is 0 Å². The van der Waals surface area contributed by atoms with Crippen LogP contribution in [-0.4, -0.2) is 5.11 Å². The Kier molecular flexibility index (Phi) is 3.51. The first kappa shape index (κ1) is 13.2. The predicted molar refractivity (Wildman–Crippen MR) is 81.1 cm³/mol. The average Bonchev–Trinajstić information content (AvgIpc) is 2.74. The summed E-state index contributed by atoms with van der Waals surface area (Å²) < 4.78 is 5.70. The van der Waals surface area contributed by atoms with Crippen molar-refractivity contribution in [2.45, 2.75) is 19.4 Å². The molecule has 2 aromatic carbocycles. The van der Waals surface area contributed by atoms with E-state index < -0.39 is 6.10 Å². The Morgan fingerprint density at radius 2 is 1.95 bits per heavy atom. The van der Waals surface area contributed by atoms with Gasteiger partial charge < -0.3 is 9.52 Å². The number of hydrogen-bond donors (Lipinski definition) is 1. The van der Waals surface area contributed by atoms with Crippen LogP contribution in [0.15, 0.2) is 52.9 Å². The normalized spacial score (nSPS) is 12.8. The van der Waals surface area contributed by atoms with Crippen LogP contribution in [0.4, 0.5) is 0 Å². The number of rotatable bonds is 3. The molecule has 1 heterocycles. The Bertz CT molecular complexity index is 746. The van der Waals surface area contributed by atoms with Crippen molar-refractivity contribution in [1.29, 1.82) is 0 Å². The van der Waals surface area contributed by atoms with E-state index in [0.717, 1.165) is 27.9 Å². The van der Waals surface area contributed by atoms with Crippen molar-refractivity contribution in [2.24, 2.45) is 0 Å². The number of aliphatic hydroxyl groups excluding tert-OH is 1. The molecule has 0 aliphatic carbocycles. The fraction of sp³-hybridized carbons (Fsp3) is 0.176. The minimum atomic E-state index is -0.600. The molecule has 3 rings (SSSR count). The molecule has 1 aromatic heterocycles. The van der Waals surface area contributed by atoms with E-state index in [-0.39, 0.29) is 0 Å². The van der Waals surface area contributed by atoms with E-state index in [0.29, 0.717) is 11.4 Å². The minimum absolute atomic E-state index is 0.519. The molecule has 0 aliphatic heterocycles. The van der Waals surface area contributed by atoms with Gasteiger partial charge in [-0.25, -0.2) is 0 Å². The van der Waals surface area contributed by atoms with E-state index in [9.17, 15) is 5.11 Å². The van der Waals surface area contributed by atoms with E-state index >= 15 is 0 Å². The first-order valence-corrected chi connectivity index (χ1v) is 6.93. The highest BCUT2D eigenvalue weighted by Gasteiger charge is 2.18. The summed E-state index contributed by atoms with van der Waals surface area (Å²) in [5.74, 6) is 0.765. The van der Waals surface area contributed by atoms with Crippen LogP contribution in [-0.2, 0) is 6.42 Å². The molecule has 0 aliphatic rings. The molecule has 1 N–H and O–H groups in total. The predicted octanol–water partition coefficient (Wildman–Crippen LogP) is 4.67. The highest BCUT2D eigenvalue weighted by atomic mass is 35.5. The fourth-order valence-electron chi connectivity index (χ4n) is 2.59. The summed E-state index contributed by atoms with van der Waals surface area (Å²) in [5.41, 5.74) is 2.68. The van der Waals surface area contributed by atoms with Crippen LogP contribution in [0.2, 0.25) is 5.02 Å². The highest BCUT2D eigenvalue weighted by Crippen LogP contribution is 2.32. The minimum Gasteiger partial charge on any atom is -0.461 e. The molecular formula is C17H15ClO2. The molecule has 0 amide bonds. The third-order valence-electron chi connectivity index (χ3n) is 3.47. The lowest BCUT2D eigenvalue weighted by atomic mass is 9.99. The number of furan rings is 1. The van der Waals surface area contributed by atoms with Gasteiger partial charge in [-0.05, 0) is 30.7 Å². The standard InChI is InChI=1S/C17H15ClO2/c1-11-17(14-7-2-3-8-16(14)20-11)15(19)10-12-5-4-6-13(18)9-12/h2-9,15,19H,10H2,1H3. The molecule has 2 nitrogen and oxygen atoms in total. The molecule has 0 radical (unpaired) electrons. The highest BCUT2D eigenvalue weighted by molar-refractivity contribution is 6.30. The Balaban J connectivity index is 1.96. The van der Waals surface area contributed by atoms with E-state index in [1.54, 1.807) is 0 Å². The van der Waals surface area contributed by atoms with Crippen LogP contribution < -0.4 is 0 Å². The molecule has 20 heavy (non-hydrogen) atoms. The summed E-state index contributed by atoms with van der Waals surface area (Å²) in [5, 5.41) is 12.2. The zero-order chi connectivity index (χ0) is 14.1. The molecule has 1 atom stereocenters. The molecule has 3 aromatic rings. The molecule has 0 saturated heterocycles. The summed E-state index contributed by atoms with van der Waals surface area (Å²) in [6.07, 6.45) is -0.0811. The monoisotopic (exact) mass is 286 g/mol. The van der Waals surface area contributed by atoms with Crippen molar-refractivity contribution in [3.05, 3.63) is 70.4 Å². The zero-order valence-electron chi connectivity index (χ0n) is 11.1. The van der Waals surface area contributed by atoms with Crippen LogP contribution >= 0.6 is 11.6 Å². The maximum absolute atomic E-state index is 10.5. The third kappa shape index (κ3) is 2.45. The number of fused-ring (bicyclic) bond motifs is 1. The van der Waals surface area contributed by atoms with Gasteiger partial charge in [-0.15, -0.1) is 0 Å². The molecule has 102 valence electrons. The van der Waals surface area contributed by atoms with Crippen LogP contribution in [0.1, 0.15) is 23.0 Å². The Labute approximate surface area is 122 Å². The van der Waals surface area contributed by atoms with Gasteiger partial charge in [0.1, 0.15) is 11.3 Å². The quantitative estimate of drug-likeness (QED) is 0.759. The Morgan fingerprint density at radius 3 is 2.75 bits per heavy atom. The zero-order valence-corrected chi connectivity index (χ0v) is 11.9. The molecule has 0 bridgehead atoms. The number of benzene rings is 2. The van der Waals surface area contributed by atoms with Crippen molar-refractivity contribution >= 4 is 22.6 Å². The molecule has 0 fully saturated rings. The second-order valence-electron chi connectivity index (χ2n) is 4.92. The fourth-order valence-corrected chi connectivity index (χ4v) is 2.80. The maximum atomic E-state index is 10.5. The number of aryl methyl sites for hydroxylation is 1. The van der Waals surface area contributed by atoms with E-state index in [2.05, 4.69) is 0 Å². The van der Waals surface area contributed by atoms with Gasteiger partial charge in [0, 0.05) is 22.4 Å². The number of aliphatic hydroxyl groups is 1. The topological polar surface area (TPSA) is 33.4 Å². The summed E-state index contributed by atoms with van der Waals surface area (Å²) in [6, 6.07) is 15.3. The third-order valence-corrected chi connectivity index (χ3v) is 3.71. The first-order valence-electron chi connectivity index (χ1n) is 6.55. The smallest absolute Gasteiger partial charge is 0.134 e.